The van der Waals surface area contributed by atoms with Crippen LogP contribution in [0, 0.1) is 0 Å². The average Bonchev–Trinajstić information content (AvgIpc) is 2.02. The quantitative estimate of drug-likeness (QED) is 0.568. The zero-order valence-corrected chi connectivity index (χ0v) is 6.46. The maximum Gasteiger partial charge on any atom is 0.181 e. The molecule has 2 heteroatoms. The van der Waals surface area contributed by atoms with Crippen molar-refractivity contribution in [2.24, 2.45) is 0 Å². The van der Waals surface area contributed by atoms with Gasteiger partial charge in [-0.3, -0.25) is 9.59 Å². The molecular weight excluding hydrogens is 140 g/mol. The fraction of sp³-hybridized carbons (Fsp3) is 0.111. The van der Waals surface area contributed by atoms with E-state index >= 15 is 0 Å². The van der Waals surface area contributed by atoms with Crippen molar-refractivity contribution in [2.45, 2.75) is 6.92 Å². The smallest absolute Gasteiger partial charge is 0.181 e. The van der Waals surface area contributed by atoms with Crippen molar-refractivity contribution in [3.8, 4) is 0 Å². The topological polar surface area (TPSA) is 34.1 Å². The molecule has 0 amide bonds. The summed E-state index contributed by atoms with van der Waals surface area (Å²) >= 11 is 0. The van der Waals surface area contributed by atoms with Gasteiger partial charge in [-0.15, -0.1) is 0 Å². The highest BCUT2D eigenvalue weighted by atomic mass is 16.1. The van der Waals surface area contributed by atoms with Gasteiger partial charge in [0, 0.05) is 5.57 Å². The molecule has 0 aromatic heterocycles. The molecule has 0 aliphatic carbocycles. The molecule has 11 heavy (non-hydrogen) atoms. The molecule has 0 fully saturated rings. The Kier molecular flexibility index (Phi) is 3.81. The maximum atomic E-state index is 10.8. The fourth-order valence-electron chi connectivity index (χ4n) is 0.504. The zero-order chi connectivity index (χ0) is 8.85. The van der Waals surface area contributed by atoms with E-state index in [2.05, 4.69) is 13.2 Å². The lowest BCUT2D eigenvalue weighted by Gasteiger charge is -1.90. The molecule has 0 rings (SSSR count). The van der Waals surface area contributed by atoms with Gasteiger partial charge in [0.2, 0.25) is 0 Å². The van der Waals surface area contributed by atoms with Gasteiger partial charge in [0.15, 0.2) is 11.6 Å². The molecule has 0 unspecified atom stereocenters. The lowest BCUT2D eigenvalue weighted by atomic mass is 10.1. The van der Waals surface area contributed by atoms with Gasteiger partial charge in [0.1, 0.15) is 0 Å². The molecule has 0 aromatic carbocycles. The van der Waals surface area contributed by atoms with E-state index in [1.54, 1.807) is 6.92 Å². The first-order valence-corrected chi connectivity index (χ1v) is 3.13. The zero-order valence-electron chi connectivity index (χ0n) is 6.46. The van der Waals surface area contributed by atoms with Gasteiger partial charge in [0.25, 0.3) is 0 Å². The van der Waals surface area contributed by atoms with Crippen molar-refractivity contribution >= 4 is 11.6 Å². The van der Waals surface area contributed by atoms with E-state index in [0.29, 0.717) is 5.57 Å². The summed E-state index contributed by atoms with van der Waals surface area (Å²) in [6.07, 6.45) is 3.55. The number of hydrogen-bond donors (Lipinski definition) is 0. The molecule has 0 bridgehead atoms. The number of ketones is 2. The van der Waals surface area contributed by atoms with Crippen LogP contribution in [0.15, 0.2) is 37.0 Å². The maximum absolute atomic E-state index is 10.8. The predicted molar refractivity (Wildman–Crippen MR) is 44.2 cm³/mol. The van der Waals surface area contributed by atoms with E-state index in [0.717, 1.165) is 6.08 Å². The SMILES string of the molecule is C=CC(=O)C=C(C)C(=O)C=C. The highest BCUT2D eigenvalue weighted by molar-refractivity contribution is 6.09. The number of carbonyl (C=O) groups excluding carboxylic acids is 2. The summed E-state index contributed by atoms with van der Waals surface area (Å²) in [6.45, 7) is 8.12. The Hall–Kier alpha value is -1.44. The molecule has 0 aromatic rings. The van der Waals surface area contributed by atoms with Crippen LogP contribution in [-0.2, 0) is 9.59 Å². The normalized spacial score (nSPS) is 10.5. The summed E-state index contributed by atoms with van der Waals surface area (Å²) in [7, 11) is 0. The lowest BCUT2D eigenvalue weighted by Crippen LogP contribution is -1.96. The first kappa shape index (κ1) is 9.56. The van der Waals surface area contributed by atoms with E-state index in [-0.39, 0.29) is 11.6 Å². The van der Waals surface area contributed by atoms with Crippen molar-refractivity contribution < 1.29 is 9.59 Å². The van der Waals surface area contributed by atoms with Crippen LogP contribution in [-0.4, -0.2) is 11.6 Å². The van der Waals surface area contributed by atoms with Crippen molar-refractivity contribution in [1.82, 2.24) is 0 Å². The molecule has 0 atom stereocenters. The molecule has 0 aliphatic heterocycles. The molecule has 0 saturated heterocycles. The summed E-state index contributed by atoms with van der Waals surface area (Å²) < 4.78 is 0. The molecule has 0 aliphatic rings. The van der Waals surface area contributed by atoms with Gasteiger partial charge < -0.3 is 0 Å². The number of hydrogen-bond acceptors (Lipinski definition) is 2. The van der Waals surface area contributed by atoms with Crippen molar-refractivity contribution in [3.63, 3.8) is 0 Å². The predicted octanol–water partition coefficient (Wildman–Crippen LogP) is 1.44. The second kappa shape index (κ2) is 4.39. The summed E-state index contributed by atoms with van der Waals surface area (Å²) in [5.74, 6) is -0.502. The number of carbonyl (C=O) groups is 2. The molecule has 0 spiro atoms. The van der Waals surface area contributed by atoms with Gasteiger partial charge in [-0.1, -0.05) is 13.2 Å². The second-order valence-corrected chi connectivity index (χ2v) is 2.00. The fourth-order valence-corrected chi connectivity index (χ4v) is 0.504. The molecule has 0 saturated carbocycles. The molecule has 58 valence electrons. The third kappa shape index (κ3) is 3.30. The Morgan fingerprint density at radius 2 is 1.73 bits per heavy atom. The van der Waals surface area contributed by atoms with Crippen LogP contribution in [0.25, 0.3) is 0 Å². The van der Waals surface area contributed by atoms with Gasteiger partial charge in [0.05, 0.1) is 0 Å². The van der Waals surface area contributed by atoms with Gasteiger partial charge in [-0.25, -0.2) is 0 Å². The molecule has 0 radical (unpaired) electrons. The van der Waals surface area contributed by atoms with Crippen LogP contribution >= 0.6 is 0 Å². The Morgan fingerprint density at radius 1 is 1.18 bits per heavy atom. The lowest BCUT2D eigenvalue weighted by molar-refractivity contribution is -0.113. The van der Waals surface area contributed by atoms with Crippen LogP contribution in [0.4, 0.5) is 0 Å². The minimum atomic E-state index is -0.266. The number of rotatable bonds is 4. The third-order valence-electron chi connectivity index (χ3n) is 1.13. The van der Waals surface area contributed by atoms with Gasteiger partial charge in [-0.05, 0) is 25.2 Å². The second-order valence-electron chi connectivity index (χ2n) is 2.00. The monoisotopic (exact) mass is 150 g/mol. The van der Waals surface area contributed by atoms with Crippen molar-refractivity contribution in [3.05, 3.63) is 37.0 Å². The van der Waals surface area contributed by atoms with E-state index in [1.165, 1.54) is 12.2 Å². The summed E-state index contributed by atoms with van der Waals surface area (Å²) in [6, 6.07) is 0. The summed E-state index contributed by atoms with van der Waals surface area (Å²) in [5.41, 5.74) is 0.380. The summed E-state index contributed by atoms with van der Waals surface area (Å²) in [5, 5.41) is 0. The highest BCUT2D eigenvalue weighted by Gasteiger charge is 1.99. The summed E-state index contributed by atoms with van der Waals surface area (Å²) in [4.78, 5) is 21.5. The average molecular weight is 150 g/mol. The van der Waals surface area contributed by atoms with Crippen LogP contribution in [0.2, 0.25) is 0 Å². The Labute approximate surface area is 65.9 Å². The molecule has 0 N–H and O–H groups in total. The first-order valence-electron chi connectivity index (χ1n) is 3.13. The Morgan fingerprint density at radius 3 is 2.09 bits per heavy atom. The van der Waals surface area contributed by atoms with Gasteiger partial charge in [-0.2, -0.15) is 0 Å². The minimum Gasteiger partial charge on any atom is -0.290 e. The van der Waals surface area contributed by atoms with E-state index < -0.39 is 0 Å². The first-order chi connectivity index (χ1) is 5.11. The highest BCUT2D eigenvalue weighted by Crippen LogP contribution is 1.95. The molecule has 2 nitrogen and oxygen atoms in total. The molecule has 0 heterocycles. The molecular formula is C9H10O2. The van der Waals surface area contributed by atoms with Crippen LogP contribution in [0.3, 0.4) is 0 Å². The van der Waals surface area contributed by atoms with Crippen molar-refractivity contribution in [1.29, 1.82) is 0 Å². The Bertz CT molecular complexity index is 234. The van der Waals surface area contributed by atoms with Crippen LogP contribution in [0.5, 0.6) is 0 Å². The van der Waals surface area contributed by atoms with E-state index in [1.807, 2.05) is 0 Å². The van der Waals surface area contributed by atoms with Gasteiger partial charge >= 0.3 is 0 Å². The van der Waals surface area contributed by atoms with E-state index in [9.17, 15) is 9.59 Å². The van der Waals surface area contributed by atoms with Crippen LogP contribution in [0.1, 0.15) is 6.92 Å². The van der Waals surface area contributed by atoms with Crippen LogP contribution < -0.4 is 0 Å². The Balaban J connectivity index is 4.45. The minimum absolute atomic E-state index is 0.236. The standard InChI is InChI=1S/C9H10O2/c1-4-8(10)6-7(3)9(11)5-2/h4-6H,1-2H2,3H3. The number of allylic oxidation sites excluding steroid dienone is 4. The third-order valence-corrected chi connectivity index (χ3v) is 1.13. The largest absolute Gasteiger partial charge is 0.290 e. The van der Waals surface area contributed by atoms with Crippen molar-refractivity contribution in [2.75, 3.05) is 0 Å². The van der Waals surface area contributed by atoms with E-state index in [4.69, 9.17) is 0 Å².